The Morgan fingerprint density at radius 2 is 1.82 bits per heavy atom. The molecule has 1 N–H and O–H groups in total. The number of rotatable bonds is 6. The zero-order valence-corrected chi connectivity index (χ0v) is 18.2. The Balaban J connectivity index is 1.64. The summed E-state index contributed by atoms with van der Waals surface area (Å²) in [5.41, 5.74) is 3.81. The van der Waals surface area contributed by atoms with E-state index in [4.69, 9.17) is 9.84 Å². The minimum Gasteiger partial charge on any atom is -0.489 e. The highest BCUT2D eigenvalue weighted by atomic mass is 79.9. The molecule has 0 heterocycles. The molecule has 0 saturated carbocycles. The molecular weight excluding hydrogens is 486 g/mol. The third kappa shape index (κ3) is 5.30. The first-order chi connectivity index (χ1) is 13.4. The molecule has 0 amide bonds. The van der Waals surface area contributed by atoms with E-state index in [2.05, 4.69) is 36.9 Å². The van der Waals surface area contributed by atoms with Crippen molar-refractivity contribution in [2.45, 2.75) is 13.5 Å². The van der Waals surface area contributed by atoms with Crippen LogP contribution in [0.1, 0.15) is 27.0 Å². The summed E-state index contributed by atoms with van der Waals surface area (Å²) in [6.45, 7) is 2.31. The first-order valence-electron chi connectivity index (χ1n) is 8.47. The van der Waals surface area contributed by atoms with Gasteiger partial charge in [-0.1, -0.05) is 37.9 Å². The molecule has 0 aliphatic rings. The van der Waals surface area contributed by atoms with Crippen LogP contribution in [0.4, 0.5) is 5.69 Å². The monoisotopic (exact) mass is 501 g/mol. The second-order valence-electron chi connectivity index (χ2n) is 6.16. The van der Waals surface area contributed by atoms with Crippen LogP contribution in [-0.2, 0) is 6.61 Å². The minimum absolute atomic E-state index is 0.260. The van der Waals surface area contributed by atoms with Gasteiger partial charge in [0.2, 0.25) is 0 Å². The third-order valence-corrected chi connectivity index (χ3v) is 5.32. The second kappa shape index (κ2) is 9.17. The van der Waals surface area contributed by atoms with E-state index in [-0.39, 0.29) is 5.56 Å². The fraction of sp³-hybridized carbons (Fsp3) is 0.0909. The summed E-state index contributed by atoms with van der Waals surface area (Å²) >= 11 is 6.97. The molecule has 0 spiro atoms. The topological polar surface area (TPSA) is 58.9 Å². The fourth-order valence-corrected chi connectivity index (χ4v) is 3.69. The van der Waals surface area contributed by atoms with Gasteiger partial charge < -0.3 is 9.84 Å². The highest BCUT2D eigenvalue weighted by Crippen LogP contribution is 2.24. The number of carboxylic acid groups (broad SMARTS) is 1. The lowest BCUT2D eigenvalue weighted by atomic mass is 10.1. The Labute approximate surface area is 180 Å². The SMILES string of the molecule is Cc1cc(C(=O)O)ccc1N=Cc1ccc(OCc2ccc(Br)cc2Br)cc1. The van der Waals surface area contributed by atoms with Crippen LogP contribution in [0.25, 0.3) is 0 Å². The van der Waals surface area contributed by atoms with Crippen molar-refractivity contribution in [2.24, 2.45) is 4.99 Å². The molecule has 0 unspecified atom stereocenters. The maximum Gasteiger partial charge on any atom is 0.335 e. The number of carbonyl (C=O) groups is 1. The van der Waals surface area contributed by atoms with Gasteiger partial charge in [-0.25, -0.2) is 4.79 Å². The number of aliphatic imine (C=N–C) groups is 1. The van der Waals surface area contributed by atoms with Gasteiger partial charge in [0.25, 0.3) is 0 Å². The summed E-state index contributed by atoms with van der Waals surface area (Å²) in [5, 5.41) is 9.02. The summed E-state index contributed by atoms with van der Waals surface area (Å²) in [4.78, 5) is 15.4. The average Bonchev–Trinajstić information content (AvgIpc) is 2.67. The normalized spacial score (nSPS) is 11.0. The quantitative estimate of drug-likeness (QED) is 0.389. The lowest BCUT2D eigenvalue weighted by Gasteiger charge is -2.08. The summed E-state index contributed by atoms with van der Waals surface area (Å²) in [6, 6.07) is 18.5. The van der Waals surface area contributed by atoms with Gasteiger partial charge in [-0.2, -0.15) is 0 Å². The summed E-state index contributed by atoms with van der Waals surface area (Å²) < 4.78 is 7.85. The fourth-order valence-electron chi connectivity index (χ4n) is 2.53. The Kier molecular flexibility index (Phi) is 6.65. The molecule has 0 aromatic heterocycles. The molecule has 0 atom stereocenters. The number of aryl methyl sites for hydroxylation is 1. The van der Waals surface area contributed by atoms with Gasteiger partial charge in [0.1, 0.15) is 12.4 Å². The van der Waals surface area contributed by atoms with E-state index in [1.807, 2.05) is 49.4 Å². The molecule has 0 saturated heterocycles. The zero-order chi connectivity index (χ0) is 20.1. The van der Waals surface area contributed by atoms with E-state index in [1.165, 1.54) is 0 Å². The van der Waals surface area contributed by atoms with E-state index < -0.39 is 5.97 Å². The van der Waals surface area contributed by atoms with Gasteiger partial charge in [-0.3, -0.25) is 4.99 Å². The highest BCUT2D eigenvalue weighted by Gasteiger charge is 2.05. The highest BCUT2D eigenvalue weighted by molar-refractivity contribution is 9.11. The van der Waals surface area contributed by atoms with Crippen LogP contribution in [0.3, 0.4) is 0 Å². The van der Waals surface area contributed by atoms with Crippen LogP contribution in [0, 0.1) is 6.92 Å². The molecule has 6 heteroatoms. The molecule has 0 aliphatic heterocycles. The number of carboxylic acids is 1. The lowest BCUT2D eigenvalue weighted by Crippen LogP contribution is -1.96. The van der Waals surface area contributed by atoms with Crippen molar-refractivity contribution in [2.75, 3.05) is 0 Å². The zero-order valence-electron chi connectivity index (χ0n) is 15.0. The van der Waals surface area contributed by atoms with E-state index in [0.29, 0.717) is 6.61 Å². The maximum absolute atomic E-state index is 11.0. The largest absolute Gasteiger partial charge is 0.489 e. The van der Waals surface area contributed by atoms with Gasteiger partial charge in [-0.15, -0.1) is 0 Å². The van der Waals surface area contributed by atoms with Crippen molar-refractivity contribution in [3.05, 3.63) is 91.9 Å². The van der Waals surface area contributed by atoms with Crippen molar-refractivity contribution in [3.8, 4) is 5.75 Å². The van der Waals surface area contributed by atoms with Crippen LogP contribution in [0.15, 0.2) is 74.6 Å². The number of ether oxygens (including phenoxy) is 1. The molecule has 0 bridgehead atoms. The molecule has 4 nitrogen and oxygen atoms in total. The van der Waals surface area contributed by atoms with E-state index in [0.717, 1.165) is 37.1 Å². The standard InChI is InChI=1S/C22H17Br2NO3/c1-14-10-16(22(26)27)5-9-21(14)25-12-15-2-7-19(8-3-15)28-13-17-4-6-18(23)11-20(17)24/h2-12H,13H2,1H3,(H,26,27). The molecule has 3 aromatic rings. The smallest absolute Gasteiger partial charge is 0.335 e. The van der Waals surface area contributed by atoms with Gasteiger partial charge >= 0.3 is 5.97 Å². The second-order valence-corrected chi connectivity index (χ2v) is 7.93. The predicted molar refractivity (Wildman–Crippen MR) is 118 cm³/mol. The molecule has 0 radical (unpaired) electrons. The Morgan fingerprint density at radius 3 is 2.46 bits per heavy atom. The molecule has 3 aromatic carbocycles. The Hall–Kier alpha value is -2.44. The average molecular weight is 503 g/mol. The molecular formula is C22H17Br2NO3. The summed E-state index contributed by atoms with van der Waals surface area (Å²) in [5.74, 6) is -0.168. The van der Waals surface area contributed by atoms with Crippen LogP contribution in [-0.4, -0.2) is 17.3 Å². The Morgan fingerprint density at radius 1 is 1.07 bits per heavy atom. The van der Waals surface area contributed by atoms with Crippen molar-refractivity contribution in [3.63, 3.8) is 0 Å². The van der Waals surface area contributed by atoms with Crippen LogP contribution >= 0.6 is 31.9 Å². The number of aromatic carboxylic acids is 1. The van der Waals surface area contributed by atoms with Crippen LogP contribution in [0.2, 0.25) is 0 Å². The number of hydrogen-bond acceptors (Lipinski definition) is 3. The predicted octanol–water partition coefficient (Wildman–Crippen LogP) is 6.55. The van der Waals surface area contributed by atoms with Crippen LogP contribution < -0.4 is 4.74 Å². The molecule has 142 valence electrons. The number of halogens is 2. The third-order valence-electron chi connectivity index (χ3n) is 4.09. The van der Waals surface area contributed by atoms with Gasteiger partial charge in [0.05, 0.1) is 11.3 Å². The molecule has 0 fully saturated rings. The number of nitrogens with zero attached hydrogens (tertiary/aromatic N) is 1. The summed E-state index contributed by atoms with van der Waals surface area (Å²) in [6.07, 6.45) is 1.75. The lowest BCUT2D eigenvalue weighted by molar-refractivity contribution is 0.0697. The van der Waals surface area contributed by atoms with E-state index in [9.17, 15) is 4.79 Å². The first-order valence-corrected chi connectivity index (χ1v) is 10.1. The van der Waals surface area contributed by atoms with Crippen molar-refractivity contribution in [1.29, 1.82) is 0 Å². The first kappa shape index (κ1) is 20.3. The van der Waals surface area contributed by atoms with E-state index in [1.54, 1.807) is 24.4 Å². The van der Waals surface area contributed by atoms with Gasteiger partial charge in [0.15, 0.2) is 0 Å². The number of hydrogen-bond donors (Lipinski definition) is 1. The van der Waals surface area contributed by atoms with E-state index >= 15 is 0 Å². The molecule has 28 heavy (non-hydrogen) atoms. The van der Waals surface area contributed by atoms with Gasteiger partial charge in [-0.05, 0) is 72.6 Å². The minimum atomic E-state index is -0.940. The summed E-state index contributed by atoms with van der Waals surface area (Å²) in [7, 11) is 0. The van der Waals surface area contributed by atoms with Crippen molar-refractivity contribution in [1.82, 2.24) is 0 Å². The number of benzene rings is 3. The van der Waals surface area contributed by atoms with Crippen molar-refractivity contribution >= 4 is 49.7 Å². The van der Waals surface area contributed by atoms with Crippen molar-refractivity contribution < 1.29 is 14.6 Å². The molecule has 3 rings (SSSR count). The van der Waals surface area contributed by atoms with Gasteiger partial charge in [0, 0.05) is 20.7 Å². The molecule has 0 aliphatic carbocycles. The maximum atomic E-state index is 11.0. The Bertz CT molecular complexity index is 1030. The van der Waals surface area contributed by atoms with Crippen LogP contribution in [0.5, 0.6) is 5.75 Å².